The molecule has 2 unspecified atom stereocenters. The van der Waals surface area contributed by atoms with Crippen molar-refractivity contribution in [3.05, 3.63) is 21.9 Å². The van der Waals surface area contributed by atoms with Crippen molar-refractivity contribution in [3.8, 4) is 0 Å². The zero-order chi connectivity index (χ0) is 14.4. The van der Waals surface area contributed by atoms with Crippen LogP contribution in [-0.2, 0) is 21.5 Å². The highest BCUT2D eigenvalue weighted by molar-refractivity contribution is 7.10. The SMILES string of the molecule is O=C1NC2(CCCc3sccc32)C(=O)N1CC1CCCO1. The Labute approximate surface area is 127 Å². The minimum Gasteiger partial charge on any atom is -0.376 e. The molecule has 3 heterocycles. The van der Waals surface area contributed by atoms with E-state index in [1.54, 1.807) is 11.3 Å². The number of nitrogens with one attached hydrogen (secondary N) is 1. The lowest BCUT2D eigenvalue weighted by molar-refractivity contribution is -0.133. The van der Waals surface area contributed by atoms with E-state index in [1.807, 2.05) is 11.4 Å². The highest BCUT2D eigenvalue weighted by Gasteiger charge is 2.54. The number of carbonyl (C=O) groups is 2. The van der Waals surface area contributed by atoms with Gasteiger partial charge in [0.1, 0.15) is 5.54 Å². The number of ether oxygens (including phenoxy) is 1. The molecule has 112 valence electrons. The Kier molecular flexibility index (Phi) is 3.04. The van der Waals surface area contributed by atoms with Crippen LogP contribution in [0.25, 0.3) is 0 Å². The van der Waals surface area contributed by atoms with Gasteiger partial charge in [-0.2, -0.15) is 0 Å². The van der Waals surface area contributed by atoms with E-state index >= 15 is 0 Å². The van der Waals surface area contributed by atoms with Gasteiger partial charge in [-0.25, -0.2) is 4.79 Å². The number of thiophene rings is 1. The van der Waals surface area contributed by atoms with Crippen LogP contribution in [0.5, 0.6) is 0 Å². The normalized spacial score (nSPS) is 31.8. The summed E-state index contributed by atoms with van der Waals surface area (Å²) in [5, 5.41) is 4.99. The molecule has 2 fully saturated rings. The van der Waals surface area contributed by atoms with E-state index in [4.69, 9.17) is 4.74 Å². The van der Waals surface area contributed by atoms with Crippen molar-refractivity contribution in [1.29, 1.82) is 0 Å². The summed E-state index contributed by atoms with van der Waals surface area (Å²) >= 11 is 1.68. The monoisotopic (exact) mass is 306 g/mol. The molecule has 4 rings (SSSR count). The lowest BCUT2D eigenvalue weighted by Crippen LogP contribution is -2.46. The van der Waals surface area contributed by atoms with Crippen molar-refractivity contribution < 1.29 is 14.3 Å². The quantitative estimate of drug-likeness (QED) is 0.850. The molecule has 3 amide bonds. The molecular formula is C15H18N2O3S. The number of carbonyl (C=O) groups excluding carboxylic acids is 2. The van der Waals surface area contributed by atoms with E-state index < -0.39 is 5.54 Å². The molecule has 0 saturated carbocycles. The lowest BCUT2D eigenvalue weighted by Gasteiger charge is -2.31. The van der Waals surface area contributed by atoms with Crippen LogP contribution >= 0.6 is 11.3 Å². The van der Waals surface area contributed by atoms with E-state index in [2.05, 4.69) is 5.32 Å². The Bertz CT molecular complexity index is 593. The number of nitrogens with zero attached hydrogens (tertiary/aromatic N) is 1. The Hall–Kier alpha value is -1.40. The maximum Gasteiger partial charge on any atom is 0.325 e. The predicted molar refractivity (Wildman–Crippen MR) is 78.2 cm³/mol. The molecule has 2 atom stereocenters. The van der Waals surface area contributed by atoms with Gasteiger partial charge in [0, 0.05) is 17.0 Å². The Morgan fingerprint density at radius 2 is 2.33 bits per heavy atom. The van der Waals surface area contributed by atoms with E-state index in [1.165, 1.54) is 9.78 Å². The first-order valence-electron chi connectivity index (χ1n) is 7.53. The van der Waals surface area contributed by atoms with Crippen molar-refractivity contribution >= 4 is 23.3 Å². The van der Waals surface area contributed by atoms with Crippen LogP contribution in [-0.4, -0.2) is 36.1 Å². The number of hydrogen-bond acceptors (Lipinski definition) is 4. The second-order valence-electron chi connectivity index (χ2n) is 6.00. The maximum atomic E-state index is 12.9. The number of rotatable bonds is 2. The van der Waals surface area contributed by atoms with Crippen LogP contribution < -0.4 is 5.32 Å². The first-order valence-corrected chi connectivity index (χ1v) is 8.41. The number of hydrogen-bond donors (Lipinski definition) is 1. The molecule has 0 bridgehead atoms. The van der Waals surface area contributed by atoms with Crippen LogP contribution in [0.3, 0.4) is 0 Å². The highest BCUT2D eigenvalue weighted by atomic mass is 32.1. The minimum absolute atomic E-state index is 0.000357. The van der Waals surface area contributed by atoms with Gasteiger partial charge in [0.05, 0.1) is 12.6 Å². The van der Waals surface area contributed by atoms with Gasteiger partial charge in [0.2, 0.25) is 0 Å². The summed E-state index contributed by atoms with van der Waals surface area (Å²) in [5.74, 6) is -0.0950. The standard InChI is InChI=1S/C15H18N2O3S/c18-13-15(6-1-4-12-11(15)5-8-21-12)16-14(19)17(13)9-10-3-2-7-20-10/h5,8,10H,1-4,6-7,9H2,(H,16,19). The molecule has 1 aliphatic carbocycles. The van der Waals surface area contributed by atoms with Crippen molar-refractivity contribution in [2.24, 2.45) is 0 Å². The topological polar surface area (TPSA) is 58.6 Å². The van der Waals surface area contributed by atoms with Gasteiger partial charge < -0.3 is 10.1 Å². The fraction of sp³-hybridized carbons (Fsp3) is 0.600. The summed E-state index contributed by atoms with van der Waals surface area (Å²) < 4.78 is 5.57. The Balaban J connectivity index is 1.64. The fourth-order valence-corrected chi connectivity index (χ4v) is 4.70. The predicted octanol–water partition coefficient (Wildman–Crippen LogP) is 2.01. The third kappa shape index (κ3) is 1.92. The average molecular weight is 306 g/mol. The van der Waals surface area contributed by atoms with E-state index in [9.17, 15) is 9.59 Å². The number of fused-ring (bicyclic) bond motifs is 2. The smallest absolute Gasteiger partial charge is 0.325 e. The van der Waals surface area contributed by atoms with Gasteiger partial charge in [0.25, 0.3) is 5.91 Å². The molecule has 1 aromatic rings. The fourth-order valence-electron chi connectivity index (χ4n) is 3.70. The molecule has 5 nitrogen and oxygen atoms in total. The summed E-state index contributed by atoms with van der Waals surface area (Å²) in [6.45, 7) is 1.11. The van der Waals surface area contributed by atoms with Gasteiger partial charge >= 0.3 is 6.03 Å². The zero-order valence-corrected chi connectivity index (χ0v) is 12.6. The third-order valence-corrected chi connectivity index (χ3v) is 5.73. The average Bonchev–Trinajstić information content (AvgIpc) is 3.18. The molecule has 6 heteroatoms. The molecule has 21 heavy (non-hydrogen) atoms. The first kappa shape index (κ1) is 13.3. The summed E-state index contributed by atoms with van der Waals surface area (Å²) in [5.41, 5.74) is 0.190. The number of urea groups is 1. The first-order chi connectivity index (χ1) is 10.2. The summed E-state index contributed by atoms with van der Waals surface area (Å²) in [7, 11) is 0. The van der Waals surface area contributed by atoms with Gasteiger partial charge in [-0.1, -0.05) is 0 Å². The van der Waals surface area contributed by atoms with Crippen molar-refractivity contribution in [2.45, 2.75) is 43.7 Å². The number of imide groups is 1. The molecular weight excluding hydrogens is 288 g/mol. The lowest BCUT2D eigenvalue weighted by atomic mass is 9.80. The number of aryl methyl sites for hydroxylation is 1. The molecule has 2 saturated heterocycles. The van der Waals surface area contributed by atoms with Gasteiger partial charge in [-0.3, -0.25) is 9.69 Å². The minimum atomic E-state index is -0.816. The van der Waals surface area contributed by atoms with Gasteiger partial charge in [0.15, 0.2) is 0 Å². The van der Waals surface area contributed by atoms with Crippen LogP contribution in [0.15, 0.2) is 11.4 Å². The second kappa shape index (κ2) is 4.81. The summed E-state index contributed by atoms with van der Waals surface area (Å²) in [4.78, 5) is 27.8. The molecule has 1 aromatic heterocycles. The van der Waals surface area contributed by atoms with Gasteiger partial charge in [-0.05, 0) is 43.6 Å². The molecule has 3 aliphatic rings. The molecule has 0 aromatic carbocycles. The van der Waals surface area contributed by atoms with Crippen molar-refractivity contribution in [3.63, 3.8) is 0 Å². The molecule has 1 N–H and O–H groups in total. The molecule has 2 aliphatic heterocycles. The van der Waals surface area contributed by atoms with E-state index in [-0.39, 0.29) is 18.0 Å². The second-order valence-corrected chi connectivity index (χ2v) is 7.00. The van der Waals surface area contributed by atoms with Crippen LogP contribution in [0, 0.1) is 0 Å². The molecule has 1 spiro atoms. The third-order valence-electron chi connectivity index (χ3n) is 4.75. The molecule has 0 radical (unpaired) electrons. The zero-order valence-electron chi connectivity index (χ0n) is 11.8. The Morgan fingerprint density at radius 3 is 3.14 bits per heavy atom. The highest BCUT2D eigenvalue weighted by Crippen LogP contribution is 2.42. The van der Waals surface area contributed by atoms with Crippen LogP contribution in [0.4, 0.5) is 4.79 Å². The summed E-state index contributed by atoms with van der Waals surface area (Å²) in [6.07, 6.45) is 4.57. The van der Waals surface area contributed by atoms with Crippen LogP contribution in [0.1, 0.15) is 36.1 Å². The van der Waals surface area contributed by atoms with Gasteiger partial charge in [-0.15, -0.1) is 11.3 Å². The largest absolute Gasteiger partial charge is 0.376 e. The van der Waals surface area contributed by atoms with Crippen molar-refractivity contribution in [1.82, 2.24) is 10.2 Å². The van der Waals surface area contributed by atoms with E-state index in [0.717, 1.165) is 37.9 Å². The van der Waals surface area contributed by atoms with Crippen molar-refractivity contribution in [2.75, 3.05) is 13.2 Å². The van der Waals surface area contributed by atoms with E-state index in [0.29, 0.717) is 13.0 Å². The summed E-state index contributed by atoms with van der Waals surface area (Å²) in [6, 6.07) is 1.72. The van der Waals surface area contributed by atoms with Crippen LogP contribution in [0.2, 0.25) is 0 Å². The number of amides is 3. The maximum absolute atomic E-state index is 12.9. The Morgan fingerprint density at radius 1 is 1.43 bits per heavy atom.